The van der Waals surface area contributed by atoms with Gasteiger partial charge in [0.1, 0.15) is 23.7 Å². The zero-order valence-electron chi connectivity index (χ0n) is 31.6. The maximum atomic E-state index is 15.6. The van der Waals surface area contributed by atoms with E-state index in [1.165, 1.54) is 15.9 Å². The number of piperidine rings is 2. The maximum absolute atomic E-state index is 15.6. The minimum absolute atomic E-state index is 0.124. The summed E-state index contributed by atoms with van der Waals surface area (Å²) in [5.41, 5.74) is 7.32. The second-order valence-corrected chi connectivity index (χ2v) is 16.1. The van der Waals surface area contributed by atoms with Crippen molar-refractivity contribution in [2.75, 3.05) is 44.2 Å². The summed E-state index contributed by atoms with van der Waals surface area (Å²) < 4.78 is 21.7. The zero-order chi connectivity index (χ0) is 39.8. The van der Waals surface area contributed by atoms with Crippen molar-refractivity contribution in [1.29, 1.82) is 5.26 Å². The molecule has 3 saturated heterocycles. The molecule has 14 nitrogen and oxygen atoms in total. The van der Waals surface area contributed by atoms with E-state index in [-0.39, 0.29) is 60.5 Å². The molecule has 16 heteroatoms. The summed E-state index contributed by atoms with van der Waals surface area (Å²) in [7, 11) is 0. The molecule has 1 aliphatic carbocycles. The average Bonchev–Trinajstić information content (AvgIpc) is 3.53. The second-order valence-electron chi connectivity index (χ2n) is 15.7. The molecule has 0 spiro atoms. The smallest absolute Gasteiger partial charge is 0.269 e. The number of nitrogens with zero attached hydrogens (tertiary/aromatic N) is 8. The van der Waals surface area contributed by atoms with Crippen LogP contribution in [0.5, 0.6) is 5.75 Å². The number of piperazine rings is 1. The molecule has 1 atom stereocenters. The highest BCUT2D eigenvalue weighted by Gasteiger charge is 2.46. The highest BCUT2D eigenvalue weighted by molar-refractivity contribution is 6.31. The van der Waals surface area contributed by atoms with Gasteiger partial charge in [-0.3, -0.25) is 33.9 Å². The molecule has 4 fully saturated rings. The van der Waals surface area contributed by atoms with Gasteiger partial charge >= 0.3 is 0 Å². The minimum atomic E-state index is -0.792. The molecule has 8 rings (SSSR count). The van der Waals surface area contributed by atoms with Gasteiger partial charge < -0.3 is 20.3 Å². The number of anilines is 1. The Hall–Kier alpha value is -5.17. The molecule has 298 valence electrons. The number of imide groups is 1. The first kappa shape index (κ1) is 38.7. The number of fused-ring (bicyclic) bond motifs is 1. The number of carbonyl (C=O) groups is 4. The lowest BCUT2D eigenvalue weighted by Crippen LogP contribution is -2.58. The molecular formula is C41H45ClFN9O5. The van der Waals surface area contributed by atoms with Crippen molar-refractivity contribution >= 4 is 41.0 Å². The van der Waals surface area contributed by atoms with Crippen LogP contribution < -0.4 is 15.4 Å². The number of amides is 4. The fourth-order valence-corrected chi connectivity index (χ4v) is 9.34. The molecule has 1 unspecified atom stereocenters. The van der Waals surface area contributed by atoms with Crippen LogP contribution in [-0.4, -0.2) is 117 Å². The van der Waals surface area contributed by atoms with Crippen LogP contribution in [0, 0.1) is 17.1 Å². The Labute approximate surface area is 335 Å². The van der Waals surface area contributed by atoms with Gasteiger partial charge in [0.05, 0.1) is 16.7 Å². The van der Waals surface area contributed by atoms with Crippen molar-refractivity contribution in [3.05, 3.63) is 81.3 Å². The quantitative estimate of drug-likeness (QED) is 0.312. The van der Waals surface area contributed by atoms with Crippen molar-refractivity contribution in [3.8, 4) is 11.8 Å². The Kier molecular flexibility index (Phi) is 11.1. The van der Waals surface area contributed by atoms with Crippen LogP contribution >= 0.6 is 11.6 Å². The summed E-state index contributed by atoms with van der Waals surface area (Å²) in [5, 5.41) is 17.6. The van der Waals surface area contributed by atoms with E-state index in [0.717, 1.165) is 57.9 Å². The van der Waals surface area contributed by atoms with Gasteiger partial charge in [-0.2, -0.15) is 5.26 Å². The van der Waals surface area contributed by atoms with Gasteiger partial charge in [0.2, 0.25) is 5.91 Å². The molecule has 1 saturated carbocycles. The van der Waals surface area contributed by atoms with Gasteiger partial charge in [-0.1, -0.05) is 11.6 Å². The molecule has 2 N–H and O–H groups in total. The number of ether oxygens (including phenoxy) is 1. The normalized spacial score (nSPS) is 23.8. The number of benzene rings is 2. The van der Waals surface area contributed by atoms with E-state index in [1.54, 1.807) is 36.4 Å². The average molecular weight is 798 g/mol. The SMILES string of the molecule is N#Cc1ccc(OC2CCC(N3C(=O)CCC(N4Cc5cc(CN6CCN(C7CCN(c8ccc(C(N)=O)nn8)CC7)CC6)c(F)cc5C4=O)C3=O)CC2)cc1Cl. The lowest BCUT2D eigenvalue weighted by atomic mass is 9.89. The molecule has 5 aliphatic rings. The van der Waals surface area contributed by atoms with Crippen molar-refractivity contribution in [1.82, 2.24) is 29.8 Å². The fourth-order valence-electron chi connectivity index (χ4n) is 9.13. The number of hydrogen-bond donors (Lipinski definition) is 1. The van der Waals surface area contributed by atoms with Crippen LogP contribution in [-0.2, 0) is 22.7 Å². The lowest BCUT2D eigenvalue weighted by molar-refractivity contribution is -0.156. The van der Waals surface area contributed by atoms with Crippen molar-refractivity contribution in [2.24, 2.45) is 5.73 Å². The van der Waals surface area contributed by atoms with Crippen LogP contribution in [0.2, 0.25) is 5.02 Å². The number of likely N-dealkylation sites (tertiary alicyclic amines) is 1. The zero-order valence-corrected chi connectivity index (χ0v) is 32.4. The highest BCUT2D eigenvalue weighted by Crippen LogP contribution is 2.35. The molecule has 0 radical (unpaired) electrons. The van der Waals surface area contributed by atoms with E-state index >= 15 is 4.39 Å². The summed E-state index contributed by atoms with van der Waals surface area (Å²) in [6, 6.07) is 12.8. The molecule has 0 bridgehead atoms. The summed E-state index contributed by atoms with van der Waals surface area (Å²) in [6.07, 6.45) is 4.62. The topological polar surface area (TPSA) is 169 Å². The Bertz CT molecular complexity index is 2090. The highest BCUT2D eigenvalue weighted by atomic mass is 35.5. The van der Waals surface area contributed by atoms with E-state index in [4.69, 9.17) is 27.3 Å². The van der Waals surface area contributed by atoms with E-state index in [9.17, 15) is 19.2 Å². The van der Waals surface area contributed by atoms with Crippen LogP contribution in [0.25, 0.3) is 0 Å². The molecule has 1 aromatic heterocycles. The van der Waals surface area contributed by atoms with Gasteiger partial charge in [-0.15, -0.1) is 10.2 Å². The molecule has 57 heavy (non-hydrogen) atoms. The van der Waals surface area contributed by atoms with Crippen LogP contribution in [0.15, 0.2) is 42.5 Å². The molecule has 4 aliphatic heterocycles. The Balaban J connectivity index is 0.831. The van der Waals surface area contributed by atoms with E-state index < -0.39 is 17.8 Å². The van der Waals surface area contributed by atoms with Gasteiger partial charge in [-0.05, 0) is 86.9 Å². The number of primary amides is 1. The van der Waals surface area contributed by atoms with E-state index in [0.29, 0.717) is 65.7 Å². The third-order valence-corrected chi connectivity index (χ3v) is 12.6. The summed E-state index contributed by atoms with van der Waals surface area (Å²) >= 11 is 6.17. The fraction of sp³-hybridized carbons (Fsp3) is 0.488. The summed E-state index contributed by atoms with van der Waals surface area (Å²) in [5.74, 6) is -0.705. The van der Waals surface area contributed by atoms with Crippen LogP contribution in [0.4, 0.5) is 10.2 Å². The van der Waals surface area contributed by atoms with E-state index in [1.807, 2.05) is 6.07 Å². The number of rotatable bonds is 9. The number of nitriles is 1. The molecule has 4 amide bonds. The Morgan fingerprint density at radius 1 is 0.912 bits per heavy atom. The largest absolute Gasteiger partial charge is 0.490 e. The molecule has 5 heterocycles. The predicted octanol–water partition coefficient (Wildman–Crippen LogP) is 3.89. The molecular weight excluding hydrogens is 753 g/mol. The second kappa shape index (κ2) is 16.4. The van der Waals surface area contributed by atoms with Crippen LogP contribution in [0.1, 0.15) is 88.9 Å². The number of carbonyl (C=O) groups excluding carboxylic acids is 4. The minimum Gasteiger partial charge on any atom is -0.490 e. The van der Waals surface area contributed by atoms with Crippen molar-refractivity contribution in [3.63, 3.8) is 0 Å². The van der Waals surface area contributed by atoms with E-state index in [2.05, 4.69) is 24.9 Å². The number of aromatic nitrogens is 2. The first-order valence-corrected chi connectivity index (χ1v) is 20.1. The lowest BCUT2D eigenvalue weighted by Gasteiger charge is -2.43. The van der Waals surface area contributed by atoms with Crippen molar-refractivity contribution in [2.45, 2.75) is 88.7 Å². The van der Waals surface area contributed by atoms with Gasteiger partial charge in [0.25, 0.3) is 17.7 Å². The number of hydrogen-bond acceptors (Lipinski definition) is 11. The summed E-state index contributed by atoms with van der Waals surface area (Å²) in [4.78, 5) is 62.0. The first-order chi connectivity index (χ1) is 27.6. The van der Waals surface area contributed by atoms with Crippen molar-refractivity contribution < 1.29 is 28.3 Å². The Morgan fingerprint density at radius 3 is 2.33 bits per heavy atom. The first-order valence-electron chi connectivity index (χ1n) is 19.8. The predicted molar refractivity (Wildman–Crippen MR) is 207 cm³/mol. The molecule has 2 aromatic carbocycles. The third kappa shape index (κ3) is 8.03. The van der Waals surface area contributed by atoms with Gasteiger partial charge in [0, 0.05) is 88.1 Å². The summed E-state index contributed by atoms with van der Waals surface area (Å²) in [6.45, 7) is 5.62. The van der Waals surface area contributed by atoms with Gasteiger partial charge in [0.15, 0.2) is 11.5 Å². The number of halogens is 2. The standard InChI is InChI=1S/C41H45ClFN9O5/c42-33-20-31(4-1-25(33)22-44)57-30-5-2-29(3-6-30)52-38(53)10-8-36(41(52)56)51-24-26-19-27(34(43)21-32(26)40(51)55)23-48-15-17-49(18-16-48)28-11-13-50(14-12-28)37-9-7-35(39(45)54)46-47-37/h1,4,7,9,19-21,28-30,36H,2-3,5-6,8,10-18,23-24H2,(H2,45,54). The Morgan fingerprint density at radius 2 is 1.67 bits per heavy atom. The maximum Gasteiger partial charge on any atom is 0.269 e. The number of nitrogens with two attached hydrogens (primary N) is 1. The third-order valence-electron chi connectivity index (χ3n) is 12.3. The monoisotopic (exact) mass is 797 g/mol. The van der Waals surface area contributed by atoms with Crippen LogP contribution in [0.3, 0.4) is 0 Å². The molecule has 3 aromatic rings. The van der Waals surface area contributed by atoms with Gasteiger partial charge in [-0.25, -0.2) is 4.39 Å².